The lowest BCUT2D eigenvalue weighted by Crippen LogP contribution is -2.21. The maximum absolute atomic E-state index is 12.3. The molecule has 1 aromatic heterocycles. The van der Waals surface area contributed by atoms with Gasteiger partial charge in [0.1, 0.15) is 5.75 Å². The standard InChI is InChI=1S/C23H30N2O8/c1-15-22(28)18(17(13-26)11-24-15)12-25-21(27)6-5-16-9-19(30-3)23(20(10-16)31-4)33-14-32-8-7-29-2/h5-6,9-11,26,28H,7-8,12-14H2,1-4H3,(H,25,27). The van der Waals surface area contributed by atoms with Gasteiger partial charge in [0, 0.05) is 37.1 Å². The molecule has 1 heterocycles. The number of aliphatic hydroxyl groups is 1. The SMILES string of the molecule is COCCOCOc1c(OC)cc(C=CC(=O)NCc2c(CO)cnc(C)c2O)cc1OC. The second kappa shape index (κ2) is 13.3. The lowest BCUT2D eigenvalue weighted by molar-refractivity contribution is -0.116. The Labute approximate surface area is 192 Å². The molecule has 180 valence electrons. The first-order chi connectivity index (χ1) is 15.9. The molecule has 10 heteroatoms. The van der Waals surface area contributed by atoms with E-state index < -0.39 is 5.91 Å². The van der Waals surface area contributed by atoms with Crippen molar-refractivity contribution in [3.8, 4) is 23.0 Å². The van der Waals surface area contributed by atoms with Crippen LogP contribution < -0.4 is 19.5 Å². The number of benzene rings is 1. The molecule has 2 rings (SSSR count). The van der Waals surface area contributed by atoms with Crippen LogP contribution in [0.3, 0.4) is 0 Å². The third-order valence-corrected chi connectivity index (χ3v) is 4.67. The van der Waals surface area contributed by atoms with Gasteiger partial charge in [0.2, 0.25) is 11.7 Å². The highest BCUT2D eigenvalue weighted by Crippen LogP contribution is 2.39. The number of aromatic hydroxyl groups is 1. The molecule has 0 fully saturated rings. The van der Waals surface area contributed by atoms with Crippen LogP contribution >= 0.6 is 0 Å². The first-order valence-electron chi connectivity index (χ1n) is 10.1. The van der Waals surface area contributed by atoms with Gasteiger partial charge in [0.25, 0.3) is 0 Å². The molecule has 0 bridgehead atoms. The zero-order valence-corrected chi connectivity index (χ0v) is 19.2. The van der Waals surface area contributed by atoms with E-state index in [4.69, 9.17) is 23.7 Å². The average Bonchev–Trinajstić information content (AvgIpc) is 2.83. The van der Waals surface area contributed by atoms with Gasteiger partial charge in [-0.25, -0.2) is 0 Å². The Kier molecular flexibility index (Phi) is 10.4. The zero-order chi connectivity index (χ0) is 24.2. The fraction of sp³-hybridized carbons (Fsp3) is 0.391. The van der Waals surface area contributed by atoms with E-state index in [1.165, 1.54) is 26.5 Å². The Balaban J connectivity index is 2.08. The maximum Gasteiger partial charge on any atom is 0.244 e. The third-order valence-electron chi connectivity index (χ3n) is 4.67. The van der Waals surface area contributed by atoms with E-state index in [-0.39, 0.29) is 25.7 Å². The first kappa shape index (κ1) is 25.9. The molecule has 0 aliphatic rings. The highest BCUT2D eigenvalue weighted by Gasteiger charge is 2.14. The zero-order valence-electron chi connectivity index (χ0n) is 19.2. The largest absolute Gasteiger partial charge is 0.506 e. The van der Waals surface area contributed by atoms with E-state index in [9.17, 15) is 15.0 Å². The van der Waals surface area contributed by atoms with Crippen molar-refractivity contribution in [2.75, 3.05) is 41.3 Å². The summed E-state index contributed by atoms with van der Waals surface area (Å²) in [7, 11) is 4.57. The second-order valence-electron chi connectivity index (χ2n) is 6.82. The molecule has 0 radical (unpaired) electrons. The minimum atomic E-state index is -0.391. The lowest BCUT2D eigenvalue weighted by Gasteiger charge is -2.15. The Morgan fingerprint density at radius 1 is 1.15 bits per heavy atom. The summed E-state index contributed by atoms with van der Waals surface area (Å²) >= 11 is 0. The molecule has 3 N–H and O–H groups in total. The number of nitrogens with zero attached hydrogens (tertiary/aromatic N) is 1. The number of ether oxygens (including phenoxy) is 5. The van der Waals surface area contributed by atoms with Crippen molar-refractivity contribution >= 4 is 12.0 Å². The van der Waals surface area contributed by atoms with Gasteiger partial charge in [-0.3, -0.25) is 9.78 Å². The number of carbonyl (C=O) groups is 1. The van der Waals surface area contributed by atoms with Crippen LogP contribution in [0, 0.1) is 6.92 Å². The molecule has 1 amide bonds. The molecule has 0 aliphatic heterocycles. The Hall–Kier alpha value is -3.34. The van der Waals surface area contributed by atoms with Gasteiger partial charge >= 0.3 is 0 Å². The maximum atomic E-state index is 12.3. The van der Waals surface area contributed by atoms with Crippen LogP contribution in [-0.4, -0.2) is 62.4 Å². The van der Waals surface area contributed by atoms with Gasteiger partial charge in [-0.05, 0) is 30.7 Å². The highest BCUT2D eigenvalue weighted by molar-refractivity contribution is 5.92. The molecule has 10 nitrogen and oxygen atoms in total. The number of carbonyl (C=O) groups excluding carboxylic acids is 1. The van der Waals surface area contributed by atoms with E-state index in [0.29, 0.717) is 52.8 Å². The predicted octanol–water partition coefficient (Wildman–Crippen LogP) is 1.93. The molecule has 33 heavy (non-hydrogen) atoms. The van der Waals surface area contributed by atoms with Crippen LogP contribution in [0.15, 0.2) is 24.4 Å². The predicted molar refractivity (Wildman–Crippen MR) is 120 cm³/mol. The topological polar surface area (TPSA) is 129 Å². The Morgan fingerprint density at radius 2 is 1.85 bits per heavy atom. The van der Waals surface area contributed by atoms with E-state index in [1.54, 1.807) is 32.2 Å². The first-order valence-corrected chi connectivity index (χ1v) is 10.1. The summed E-state index contributed by atoms with van der Waals surface area (Å²) in [6.07, 6.45) is 4.40. The van der Waals surface area contributed by atoms with Gasteiger partial charge in [-0.2, -0.15) is 0 Å². The van der Waals surface area contributed by atoms with E-state index in [2.05, 4.69) is 10.3 Å². The molecule has 1 aromatic carbocycles. The molecule has 2 aromatic rings. The number of nitrogens with one attached hydrogen (secondary N) is 1. The van der Waals surface area contributed by atoms with Crippen molar-refractivity contribution in [2.24, 2.45) is 0 Å². The number of aliphatic hydroxyl groups excluding tert-OH is 1. The van der Waals surface area contributed by atoms with E-state index >= 15 is 0 Å². The van der Waals surface area contributed by atoms with Crippen molar-refractivity contribution in [1.29, 1.82) is 0 Å². The molecule has 0 unspecified atom stereocenters. The number of hydrogen-bond donors (Lipinski definition) is 3. The van der Waals surface area contributed by atoms with Crippen LogP contribution in [0.4, 0.5) is 0 Å². The van der Waals surface area contributed by atoms with Crippen molar-refractivity contribution < 1.29 is 38.7 Å². The van der Waals surface area contributed by atoms with Gasteiger partial charge in [-0.1, -0.05) is 0 Å². The second-order valence-corrected chi connectivity index (χ2v) is 6.82. The number of hydrogen-bond acceptors (Lipinski definition) is 9. The minimum Gasteiger partial charge on any atom is -0.506 e. The van der Waals surface area contributed by atoms with Crippen molar-refractivity contribution in [3.05, 3.63) is 46.8 Å². The number of aromatic nitrogens is 1. The smallest absolute Gasteiger partial charge is 0.244 e. The molecular formula is C23H30N2O8. The van der Waals surface area contributed by atoms with Crippen molar-refractivity contribution in [1.82, 2.24) is 10.3 Å². The van der Waals surface area contributed by atoms with Crippen molar-refractivity contribution in [3.63, 3.8) is 0 Å². The summed E-state index contributed by atoms with van der Waals surface area (Å²) in [5.41, 5.74) is 1.92. The number of rotatable bonds is 13. The van der Waals surface area contributed by atoms with Gasteiger partial charge in [0.15, 0.2) is 18.3 Å². The number of pyridine rings is 1. The average molecular weight is 462 g/mol. The van der Waals surface area contributed by atoms with Gasteiger partial charge in [0.05, 0.1) is 39.7 Å². The molecule has 0 saturated heterocycles. The summed E-state index contributed by atoms with van der Waals surface area (Å²) in [5, 5.41) is 22.3. The summed E-state index contributed by atoms with van der Waals surface area (Å²) in [6.45, 7) is 2.20. The summed E-state index contributed by atoms with van der Waals surface area (Å²) in [5.74, 6) is 0.753. The summed E-state index contributed by atoms with van der Waals surface area (Å²) < 4.78 is 26.6. The Bertz CT molecular complexity index is 937. The van der Waals surface area contributed by atoms with E-state index in [0.717, 1.165) is 0 Å². The minimum absolute atomic E-state index is 0.00910. The number of amides is 1. The fourth-order valence-corrected chi connectivity index (χ4v) is 2.86. The van der Waals surface area contributed by atoms with Crippen molar-refractivity contribution in [2.45, 2.75) is 20.1 Å². The monoisotopic (exact) mass is 462 g/mol. The number of methoxy groups -OCH3 is 3. The molecule has 0 saturated carbocycles. The fourth-order valence-electron chi connectivity index (χ4n) is 2.86. The van der Waals surface area contributed by atoms with Crippen LogP contribution in [0.5, 0.6) is 23.0 Å². The van der Waals surface area contributed by atoms with E-state index in [1.807, 2.05) is 0 Å². The van der Waals surface area contributed by atoms with Crippen LogP contribution in [0.2, 0.25) is 0 Å². The van der Waals surface area contributed by atoms with Crippen LogP contribution in [-0.2, 0) is 27.4 Å². The Morgan fingerprint density at radius 3 is 2.45 bits per heavy atom. The summed E-state index contributed by atoms with van der Waals surface area (Å²) in [6, 6.07) is 3.39. The molecule has 0 atom stereocenters. The van der Waals surface area contributed by atoms with Gasteiger partial charge in [-0.15, -0.1) is 0 Å². The third kappa shape index (κ3) is 7.35. The van der Waals surface area contributed by atoms with Crippen LogP contribution in [0.25, 0.3) is 6.08 Å². The van der Waals surface area contributed by atoms with Crippen LogP contribution in [0.1, 0.15) is 22.4 Å². The number of aryl methyl sites for hydroxylation is 1. The summed E-state index contributed by atoms with van der Waals surface area (Å²) in [4.78, 5) is 16.3. The van der Waals surface area contributed by atoms with Gasteiger partial charge < -0.3 is 39.2 Å². The quantitative estimate of drug-likeness (QED) is 0.232. The highest BCUT2D eigenvalue weighted by atomic mass is 16.7. The lowest BCUT2D eigenvalue weighted by atomic mass is 10.1. The molecular weight excluding hydrogens is 432 g/mol. The molecule has 0 aliphatic carbocycles. The normalized spacial score (nSPS) is 10.9. The molecule has 0 spiro atoms.